The first-order valence-corrected chi connectivity index (χ1v) is 8.16. The number of hydrogen-bond donors (Lipinski definition) is 1. The molecule has 23 heavy (non-hydrogen) atoms. The first kappa shape index (κ1) is 17.5. The molecular weight excluding hydrogens is 361 g/mol. The van der Waals surface area contributed by atoms with Gasteiger partial charge in [0.15, 0.2) is 0 Å². The summed E-state index contributed by atoms with van der Waals surface area (Å²) in [5, 5.41) is 2.97. The van der Waals surface area contributed by atoms with Gasteiger partial charge in [-0.1, -0.05) is 18.2 Å². The Morgan fingerprint density at radius 2 is 1.96 bits per heavy atom. The molecule has 0 bridgehead atoms. The zero-order chi connectivity index (χ0) is 16.8. The molecule has 1 N–H and O–H groups in total. The van der Waals surface area contributed by atoms with Gasteiger partial charge >= 0.3 is 0 Å². The average Bonchev–Trinajstić information content (AvgIpc) is 2.54. The lowest BCUT2D eigenvalue weighted by atomic mass is 10.1. The molecule has 3 nitrogen and oxygen atoms in total. The van der Waals surface area contributed by atoms with Crippen LogP contribution in [-0.4, -0.2) is 13.0 Å². The minimum atomic E-state index is -0.267. The molecule has 5 heteroatoms. The Hall–Kier alpha value is -1.88. The topological polar surface area (TPSA) is 38.3 Å². The van der Waals surface area contributed by atoms with E-state index in [1.165, 1.54) is 12.1 Å². The number of benzene rings is 2. The van der Waals surface area contributed by atoms with Crippen LogP contribution in [0.1, 0.15) is 30.5 Å². The van der Waals surface area contributed by atoms with Crippen molar-refractivity contribution in [1.29, 1.82) is 0 Å². The van der Waals surface area contributed by atoms with Crippen LogP contribution in [0.2, 0.25) is 0 Å². The molecule has 0 fully saturated rings. The van der Waals surface area contributed by atoms with Crippen molar-refractivity contribution < 1.29 is 13.9 Å². The molecule has 0 unspecified atom stereocenters. The average molecular weight is 380 g/mol. The first-order valence-electron chi connectivity index (χ1n) is 7.37. The van der Waals surface area contributed by atoms with E-state index in [0.29, 0.717) is 12.8 Å². The predicted octanol–water partition coefficient (Wildman–Crippen LogP) is 4.41. The van der Waals surface area contributed by atoms with E-state index in [1.807, 2.05) is 25.1 Å². The van der Waals surface area contributed by atoms with Crippen molar-refractivity contribution in [3.8, 4) is 5.75 Å². The van der Waals surface area contributed by atoms with Gasteiger partial charge in [-0.25, -0.2) is 4.39 Å². The molecule has 0 aliphatic rings. The lowest BCUT2D eigenvalue weighted by Gasteiger charge is -2.15. The van der Waals surface area contributed by atoms with Crippen molar-refractivity contribution in [2.45, 2.75) is 25.8 Å². The Kier molecular flexibility index (Phi) is 6.16. The molecule has 0 saturated carbocycles. The van der Waals surface area contributed by atoms with Crippen molar-refractivity contribution in [3.63, 3.8) is 0 Å². The van der Waals surface area contributed by atoms with Crippen molar-refractivity contribution in [2.75, 3.05) is 7.11 Å². The van der Waals surface area contributed by atoms with Gasteiger partial charge in [-0.2, -0.15) is 0 Å². The summed E-state index contributed by atoms with van der Waals surface area (Å²) in [6, 6.07) is 11.8. The second-order valence-corrected chi connectivity index (χ2v) is 6.16. The molecular formula is C18H19BrFNO2. The van der Waals surface area contributed by atoms with E-state index < -0.39 is 0 Å². The van der Waals surface area contributed by atoms with Crippen molar-refractivity contribution in [3.05, 3.63) is 63.9 Å². The fourth-order valence-electron chi connectivity index (χ4n) is 2.26. The molecule has 0 saturated heterocycles. The predicted molar refractivity (Wildman–Crippen MR) is 92.0 cm³/mol. The maximum absolute atomic E-state index is 12.8. The highest BCUT2D eigenvalue weighted by atomic mass is 79.9. The van der Waals surface area contributed by atoms with Crippen molar-refractivity contribution in [2.24, 2.45) is 0 Å². The van der Waals surface area contributed by atoms with Crippen LogP contribution in [0.25, 0.3) is 0 Å². The van der Waals surface area contributed by atoms with E-state index in [0.717, 1.165) is 21.3 Å². The minimum Gasteiger partial charge on any atom is -0.496 e. The van der Waals surface area contributed by atoms with E-state index in [1.54, 1.807) is 19.2 Å². The number of methoxy groups -OCH3 is 1. The Morgan fingerprint density at radius 1 is 1.26 bits per heavy atom. The molecule has 2 rings (SSSR count). The van der Waals surface area contributed by atoms with Crippen LogP contribution in [-0.2, 0) is 11.2 Å². The third-order valence-electron chi connectivity index (χ3n) is 3.61. The number of hydrogen-bond acceptors (Lipinski definition) is 2. The lowest BCUT2D eigenvalue weighted by Crippen LogP contribution is -2.26. The van der Waals surface area contributed by atoms with Gasteiger partial charge in [-0.3, -0.25) is 4.79 Å². The van der Waals surface area contributed by atoms with E-state index in [-0.39, 0.29) is 17.8 Å². The molecule has 0 aromatic heterocycles. The van der Waals surface area contributed by atoms with Gasteiger partial charge in [0, 0.05) is 6.42 Å². The summed E-state index contributed by atoms with van der Waals surface area (Å²) in [6.45, 7) is 1.93. The highest BCUT2D eigenvalue weighted by Gasteiger charge is 2.11. The number of rotatable bonds is 6. The van der Waals surface area contributed by atoms with Gasteiger partial charge in [-0.15, -0.1) is 0 Å². The number of nitrogens with one attached hydrogen (secondary N) is 1. The summed E-state index contributed by atoms with van der Waals surface area (Å²) in [5.41, 5.74) is 1.94. The molecule has 1 amide bonds. The van der Waals surface area contributed by atoms with Crippen molar-refractivity contribution in [1.82, 2.24) is 5.32 Å². The Labute approximate surface area is 144 Å². The summed E-state index contributed by atoms with van der Waals surface area (Å²) in [6.07, 6.45) is 0.957. The fraction of sp³-hybridized carbons (Fsp3) is 0.278. The van der Waals surface area contributed by atoms with Gasteiger partial charge in [0.2, 0.25) is 5.91 Å². The Morgan fingerprint density at radius 3 is 2.57 bits per heavy atom. The highest BCUT2D eigenvalue weighted by molar-refractivity contribution is 9.10. The molecule has 0 aliphatic carbocycles. The van der Waals surface area contributed by atoms with Crippen LogP contribution in [0.3, 0.4) is 0 Å². The first-order chi connectivity index (χ1) is 11.0. The number of amides is 1. The summed E-state index contributed by atoms with van der Waals surface area (Å²) in [5.74, 6) is 0.453. The van der Waals surface area contributed by atoms with Crippen LogP contribution in [0, 0.1) is 5.82 Å². The molecule has 0 heterocycles. The Balaban J connectivity index is 1.89. The summed E-state index contributed by atoms with van der Waals surface area (Å²) < 4.78 is 18.9. The normalized spacial score (nSPS) is 11.8. The molecule has 1 atom stereocenters. The molecule has 2 aromatic carbocycles. The highest BCUT2D eigenvalue weighted by Crippen LogP contribution is 2.28. The van der Waals surface area contributed by atoms with Crippen LogP contribution in [0.4, 0.5) is 4.39 Å². The molecule has 122 valence electrons. The SMILES string of the molecule is COc1ccc([C@H](C)NC(=O)CCc2ccc(F)cc2)cc1Br. The molecule has 0 aliphatic heterocycles. The molecule has 0 radical (unpaired) electrons. The fourth-order valence-corrected chi connectivity index (χ4v) is 2.82. The molecule has 0 spiro atoms. The zero-order valence-corrected chi connectivity index (χ0v) is 14.7. The standard InChI is InChI=1S/C18H19BrFNO2/c1-12(14-6-9-17(23-2)16(19)11-14)21-18(22)10-5-13-3-7-15(20)8-4-13/h3-4,6-9,11-12H,5,10H2,1-2H3,(H,21,22)/t12-/m0/s1. The number of halogens is 2. The maximum Gasteiger partial charge on any atom is 0.220 e. The number of ether oxygens (including phenoxy) is 1. The van der Waals surface area contributed by atoms with E-state index in [2.05, 4.69) is 21.2 Å². The smallest absolute Gasteiger partial charge is 0.220 e. The number of aryl methyl sites for hydroxylation is 1. The maximum atomic E-state index is 12.8. The Bertz CT molecular complexity index is 673. The van der Waals surface area contributed by atoms with E-state index in [9.17, 15) is 9.18 Å². The summed E-state index contributed by atoms with van der Waals surface area (Å²) in [7, 11) is 1.61. The van der Waals surface area contributed by atoms with Crippen LogP contribution in [0.15, 0.2) is 46.9 Å². The van der Waals surface area contributed by atoms with E-state index >= 15 is 0 Å². The lowest BCUT2D eigenvalue weighted by molar-refractivity contribution is -0.121. The van der Waals surface area contributed by atoms with Gasteiger partial charge in [-0.05, 0) is 64.7 Å². The van der Waals surface area contributed by atoms with Gasteiger partial charge in [0.1, 0.15) is 11.6 Å². The second-order valence-electron chi connectivity index (χ2n) is 5.31. The van der Waals surface area contributed by atoms with Crippen LogP contribution in [0.5, 0.6) is 5.75 Å². The van der Waals surface area contributed by atoms with Gasteiger partial charge in [0.05, 0.1) is 17.6 Å². The summed E-state index contributed by atoms with van der Waals surface area (Å²) >= 11 is 3.44. The largest absolute Gasteiger partial charge is 0.496 e. The number of carbonyl (C=O) groups is 1. The zero-order valence-electron chi connectivity index (χ0n) is 13.1. The quantitative estimate of drug-likeness (QED) is 0.807. The number of carbonyl (C=O) groups excluding carboxylic acids is 1. The minimum absolute atomic E-state index is 0.0336. The summed E-state index contributed by atoms with van der Waals surface area (Å²) in [4.78, 5) is 12.1. The van der Waals surface area contributed by atoms with Gasteiger partial charge < -0.3 is 10.1 Å². The third-order valence-corrected chi connectivity index (χ3v) is 4.23. The third kappa shape index (κ3) is 5.06. The van der Waals surface area contributed by atoms with Gasteiger partial charge in [0.25, 0.3) is 0 Å². The second kappa shape index (κ2) is 8.11. The van der Waals surface area contributed by atoms with E-state index in [4.69, 9.17) is 4.74 Å². The monoisotopic (exact) mass is 379 g/mol. The van der Waals surface area contributed by atoms with Crippen LogP contribution < -0.4 is 10.1 Å². The molecule has 2 aromatic rings. The van der Waals surface area contributed by atoms with Crippen molar-refractivity contribution >= 4 is 21.8 Å². The van der Waals surface area contributed by atoms with Crippen LogP contribution >= 0.6 is 15.9 Å².